The fraction of sp³-hybridized carbons (Fsp3) is 0.0476. The van der Waals surface area contributed by atoms with Crippen LogP contribution in [0, 0.1) is 6.92 Å². The molecule has 0 aliphatic carbocycles. The van der Waals surface area contributed by atoms with Crippen molar-refractivity contribution in [1.82, 2.24) is 0 Å². The van der Waals surface area contributed by atoms with E-state index in [4.69, 9.17) is 4.74 Å². The highest BCUT2D eigenvalue weighted by Gasteiger charge is 2.08. The summed E-state index contributed by atoms with van der Waals surface area (Å²) in [5.41, 5.74) is 2.85. The van der Waals surface area contributed by atoms with Crippen LogP contribution in [-0.4, -0.2) is 12.0 Å². The van der Waals surface area contributed by atoms with E-state index in [1.165, 1.54) is 0 Å². The van der Waals surface area contributed by atoms with Gasteiger partial charge >= 0.3 is 12.0 Å². The lowest BCUT2D eigenvalue weighted by Crippen LogP contribution is -2.19. The number of hydrogen-bond donors (Lipinski definition) is 2. The zero-order chi connectivity index (χ0) is 18.4. The summed E-state index contributed by atoms with van der Waals surface area (Å²) in [6, 6.07) is 22.6. The molecule has 5 heteroatoms. The largest absolute Gasteiger partial charge is 0.423 e. The molecule has 130 valence electrons. The van der Waals surface area contributed by atoms with Gasteiger partial charge in [0.05, 0.1) is 5.56 Å². The van der Waals surface area contributed by atoms with E-state index in [0.717, 1.165) is 5.56 Å². The molecule has 0 saturated carbocycles. The molecular weight excluding hydrogens is 328 g/mol. The van der Waals surface area contributed by atoms with Crippen LogP contribution in [0.5, 0.6) is 5.75 Å². The molecule has 5 nitrogen and oxygen atoms in total. The van der Waals surface area contributed by atoms with Crippen LogP contribution in [0.3, 0.4) is 0 Å². The van der Waals surface area contributed by atoms with Gasteiger partial charge in [-0.05, 0) is 55.5 Å². The molecule has 0 bridgehead atoms. The van der Waals surface area contributed by atoms with Crippen LogP contribution in [0.25, 0.3) is 0 Å². The van der Waals surface area contributed by atoms with E-state index in [9.17, 15) is 9.59 Å². The molecule has 0 aromatic heterocycles. The van der Waals surface area contributed by atoms with Gasteiger partial charge in [0, 0.05) is 11.4 Å². The van der Waals surface area contributed by atoms with Gasteiger partial charge in [-0.1, -0.05) is 35.9 Å². The first-order valence-corrected chi connectivity index (χ1v) is 8.12. The number of nitrogens with one attached hydrogen (secondary N) is 2. The van der Waals surface area contributed by atoms with E-state index in [2.05, 4.69) is 10.6 Å². The van der Waals surface area contributed by atoms with Crippen molar-refractivity contribution in [3.8, 4) is 5.75 Å². The smallest absolute Gasteiger partial charge is 0.343 e. The summed E-state index contributed by atoms with van der Waals surface area (Å²) in [7, 11) is 0. The fourth-order valence-electron chi connectivity index (χ4n) is 2.28. The Bertz CT molecular complexity index is 889. The Morgan fingerprint density at radius 2 is 1.31 bits per heavy atom. The number of aryl methyl sites for hydroxylation is 1. The maximum Gasteiger partial charge on any atom is 0.343 e. The van der Waals surface area contributed by atoms with Crippen LogP contribution >= 0.6 is 0 Å². The highest BCUT2D eigenvalue weighted by atomic mass is 16.5. The van der Waals surface area contributed by atoms with Gasteiger partial charge in [-0.15, -0.1) is 0 Å². The van der Waals surface area contributed by atoms with Gasteiger partial charge < -0.3 is 15.4 Å². The number of urea groups is 1. The van der Waals surface area contributed by atoms with Gasteiger partial charge in [-0.3, -0.25) is 0 Å². The number of amides is 2. The van der Waals surface area contributed by atoms with Crippen LogP contribution in [-0.2, 0) is 0 Å². The van der Waals surface area contributed by atoms with Crippen molar-refractivity contribution in [2.24, 2.45) is 0 Å². The van der Waals surface area contributed by atoms with Crippen molar-refractivity contribution in [1.29, 1.82) is 0 Å². The molecule has 2 N–H and O–H groups in total. The zero-order valence-electron chi connectivity index (χ0n) is 14.2. The number of rotatable bonds is 4. The van der Waals surface area contributed by atoms with Gasteiger partial charge in [0.25, 0.3) is 0 Å². The van der Waals surface area contributed by atoms with Crippen LogP contribution < -0.4 is 15.4 Å². The van der Waals surface area contributed by atoms with Gasteiger partial charge in [0.1, 0.15) is 5.75 Å². The van der Waals surface area contributed by atoms with E-state index >= 15 is 0 Å². The number of para-hydroxylation sites is 1. The molecule has 0 radical (unpaired) electrons. The van der Waals surface area contributed by atoms with E-state index in [1.807, 2.05) is 37.3 Å². The zero-order valence-corrected chi connectivity index (χ0v) is 14.2. The Kier molecular flexibility index (Phi) is 5.29. The van der Waals surface area contributed by atoms with Crippen molar-refractivity contribution in [2.45, 2.75) is 6.92 Å². The molecule has 0 heterocycles. The molecule has 0 spiro atoms. The summed E-state index contributed by atoms with van der Waals surface area (Å²) in [5, 5.41) is 5.45. The van der Waals surface area contributed by atoms with Crippen LogP contribution in [0.4, 0.5) is 16.2 Å². The lowest BCUT2D eigenvalue weighted by molar-refractivity contribution is 0.0734. The van der Waals surface area contributed by atoms with Gasteiger partial charge in [-0.2, -0.15) is 0 Å². The predicted octanol–water partition coefficient (Wildman–Crippen LogP) is 4.86. The fourth-order valence-corrected chi connectivity index (χ4v) is 2.28. The first kappa shape index (κ1) is 17.2. The minimum Gasteiger partial charge on any atom is -0.423 e. The molecule has 0 aliphatic rings. The Balaban J connectivity index is 1.57. The lowest BCUT2D eigenvalue weighted by atomic mass is 10.1. The Hall–Kier alpha value is -3.60. The minimum absolute atomic E-state index is 0.347. The van der Waals surface area contributed by atoms with Crippen molar-refractivity contribution < 1.29 is 14.3 Å². The number of ether oxygens (including phenoxy) is 1. The molecule has 3 aromatic rings. The van der Waals surface area contributed by atoms with E-state index in [0.29, 0.717) is 22.7 Å². The van der Waals surface area contributed by atoms with Gasteiger partial charge in [-0.25, -0.2) is 9.59 Å². The third-order valence-electron chi connectivity index (χ3n) is 3.64. The van der Waals surface area contributed by atoms with E-state index in [-0.39, 0.29) is 6.03 Å². The molecular formula is C21H18N2O3. The quantitative estimate of drug-likeness (QED) is 0.524. The van der Waals surface area contributed by atoms with Crippen molar-refractivity contribution in [3.05, 3.63) is 90.0 Å². The summed E-state index contributed by atoms with van der Waals surface area (Å²) < 4.78 is 5.33. The lowest BCUT2D eigenvalue weighted by Gasteiger charge is -2.09. The second-order valence-electron chi connectivity index (χ2n) is 5.73. The number of benzene rings is 3. The monoisotopic (exact) mass is 346 g/mol. The maximum absolute atomic E-state index is 12.1. The Morgan fingerprint density at radius 1 is 0.731 bits per heavy atom. The average Bonchev–Trinajstić information content (AvgIpc) is 2.64. The Morgan fingerprint density at radius 3 is 1.92 bits per heavy atom. The molecule has 0 saturated heterocycles. The SMILES string of the molecule is Cc1ccc(C(=O)Oc2ccc(NC(=O)Nc3ccccc3)cc2)cc1. The number of hydrogen-bond acceptors (Lipinski definition) is 3. The molecule has 2 amide bonds. The molecule has 0 atom stereocenters. The topological polar surface area (TPSA) is 67.4 Å². The first-order valence-electron chi connectivity index (χ1n) is 8.12. The average molecular weight is 346 g/mol. The Labute approximate surface area is 151 Å². The van der Waals surface area contributed by atoms with E-state index < -0.39 is 5.97 Å². The van der Waals surface area contributed by atoms with E-state index in [1.54, 1.807) is 48.5 Å². The number of carbonyl (C=O) groups is 2. The highest BCUT2D eigenvalue weighted by molar-refractivity contribution is 5.99. The number of anilines is 2. The molecule has 0 aliphatic heterocycles. The maximum atomic E-state index is 12.1. The third kappa shape index (κ3) is 4.70. The summed E-state index contributed by atoms with van der Waals surface area (Å²) in [6.45, 7) is 1.95. The standard InChI is InChI=1S/C21H18N2O3/c1-15-7-9-16(10-8-15)20(24)26-19-13-11-18(12-14-19)23-21(25)22-17-5-3-2-4-6-17/h2-14H,1H3,(H2,22,23,25). The summed E-state index contributed by atoms with van der Waals surface area (Å²) >= 11 is 0. The number of carbonyl (C=O) groups excluding carboxylic acids is 2. The molecule has 3 rings (SSSR count). The van der Waals surface area contributed by atoms with Crippen molar-refractivity contribution in [2.75, 3.05) is 10.6 Å². The first-order chi connectivity index (χ1) is 12.6. The summed E-state index contributed by atoms with van der Waals surface area (Å²) in [4.78, 5) is 24.0. The second kappa shape index (κ2) is 7.98. The normalized spacial score (nSPS) is 10.0. The second-order valence-corrected chi connectivity index (χ2v) is 5.73. The van der Waals surface area contributed by atoms with Gasteiger partial charge in [0.15, 0.2) is 0 Å². The molecule has 0 unspecified atom stereocenters. The van der Waals surface area contributed by atoms with Crippen LogP contribution in [0.2, 0.25) is 0 Å². The summed E-state index contributed by atoms with van der Waals surface area (Å²) in [5.74, 6) is -0.0166. The summed E-state index contributed by atoms with van der Waals surface area (Å²) in [6.07, 6.45) is 0. The minimum atomic E-state index is -0.424. The molecule has 0 fully saturated rings. The van der Waals surface area contributed by atoms with Gasteiger partial charge in [0.2, 0.25) is 0 Å². The highest BCUT2D eigenvalue weighted by Crippen LogP contribution is 2.18. The number of esters is 1. The molecule has 3 aromatic carbocycles. The third-order valence-corrected chi connectivity index (χ3v) is 3.64. The predicted molar refractivity (Wildman–Crippen MR) is 102 cm³/mol. The van der Waals surface area contributed by atoms with Crippen molar-refractivity contribution in [3.63, 3.8) is 0 Å². The van der Waals surface area contributed by atoms with Crippen molar-refractivity contribution >= 4 is 23.4 Å². The van der Waals surface area contributed by atoms with Crippen LogP contribution in [0.1, 0.15) is 15.9 Å². The molecule has 26 heavy (non-hydrogen) atoms. The van der Waals surface area contributed by atoms with Crippen LogP contribution in [0.15, 0.2) is 78.9 Å².